The molecule has 0 aliphatic rings. The fraction of sp³-hybridized carbons (Fsp3) is 0.833. The zero-order chi connectivity index (χ0) is 10.8. The molecular formula is C12H24OTe. The van der Waals surface area contributed by atoms with Gasteiger partial charge in [-0.2, -0.15) is 0 Å². The first-order chi connectivity index (χ1) is 6.70. The molecule has 1 atom stereocenters. The van der Waals surface area contributed by atoms with Gasteiger partial charge in [0.25, 0.3) is 0 Å². The molecule has 2 heteroatoms. The Bertz CT molecular complexity index is 152. The second-order valence-corrected chi connectivity index (χ2v) is 7.16. The Morgan fingerprint density at radius 1 is 1.29 bits per heavy atom. The van der Waals surface area contributed by atoms with Crippen molar-refractivity contribution in [3.05, 3.63) is 9.70 Å². The van der Waals surface area contributed by atoms with Crippen LogP contribution >= 0.6 is 0 Å². The van der Waals surface area contributed by atoms with E-state index < -0.39 is 0 Å². The summed E-state index contributed by atoms with van der Waals surface area (Å²) in [6, 6.07) is 0. The minimum absolute atomic E-state index is 0.0308. The standard InChI is InChI=1S/C12H24OTe/c1-4-6-8-12(10-11(3)13)14-9-7-5-2/h10-11,13H,4-9H2,1-3H3/b12-10-/t11-/m1/s1. The summed E-state index contributed by atoms with van der Waals surface area (Å²) in [6.07, 6.45) is 8.30. The molecule has 0 spiro atoms. The van der Waals surface area contributed by atoms with Crippen molar-refractivity contribution in [1.82, 2.24) is 0 Å². The first kappa shape index (κ1) is 14.5. The summed E-state index contributed by atoms with van der Waals surface area (Å²) < 4.78 is 2.99. The van der Waals surface area contributed by atoms with Crippen molar-refractivity contribution < 1.29 is 5.11 Å². The third-order valence-electron chi connectivity index (χ3n) is 1.99. The Morgan fingerprint density at radius 2 is 1.93 bits per heavy atom. The van der Waals surface area contributed by atoms with Crippen LogP contribution in [0.25, 0.3) is 0 Å². The molecule has 0 aromatic heterocycles. The van der Waals surface area contributed by atoms with Crippen LogP contribution in [-0.2, 0) is 0 Å². The van der Waals surface area contributed by atoms with Crippen molar-refractivity contribution in [2.24, 2.45) is 0 Å². The Hall–Kier alpha value is 0.490. The maximum absolute atomic E-state index is 9.32. The van der Waals surface area contributed by atoms with E-state index in [1.165, 1.54) is 36.6 Å². The van der Waals surface area contributed by atoms with Crippen LogP contribution in [0.1, 0.15) is 52.9 Å². The Morgan fingerprint density at radius 3 is 2.43 bits per heavy atom. The SMILES string of the molecule is CCCC[Te]/C(=C\[C@@H](C)O)CCCC. The average Bonchev–Trinajstić information content (AvgIpc) is 2.13. The van der Waals surface area contributed by atoms with Gasteiger partial charge in [0, 0.05) is 0 Å². The van der Waals surface area contributed by atoms with Crippen molar-refractivity contribution in [3.8, 4) is 0 Å². The fourth-order valence-electron chi connectivity index (χ4n) is 1.17. The topological polar surface area (TPSA) is 20.2 Å². The van der Waals surface area contributed by atoms with E-state index in [9.17, 15) is 5.11 Å². The van der Waals surface area contributed by atoms with Crippen molar-refractivity contribution >= 4 is 20.9 Å². The van der Waals surface area contributed by atoms with Crippen molar-refractivity contribution in [2.45, 2.75) is 63.4 Å². The van der Waals surface area contributed by atoms with Crippen LogP contribution < -0.4 is 0 Å². The molecule has 0 saturated heterocycles. The first-order valence-corrected chi connectivity index (χ1v) is 8.53. The molecule has 0 aromatic carbocycles. The van der Waals surface area contributed by atoms with E-state index in [0.29, 0.717) is 0 Å². The number of allylic oxidation sites excluding steroid dienone is 1. The minimum atomic E-state index is -0.242. The van der Waals surface area contributed by atoms with Gasteiger partial charge in [-0.1, -0.05) is 0 Å². The number of hydrogen-bond donors (Lipinski definition) is 1. The predicted molar refractivity (Wildman–Crippen MR) is 64.8 cm³/mol. The molecule has 1 nitrogen and oxygen atoms in total. The van der Waals surface area contributed by atoms with E-state index in [1.807, 2.05) is 6.92 Å². The second kappa shape index (κ2) is 10.0. The van der Waals surface area contributed by atoms with Gasteiger partial charge in [0.1, 0.15) is 0 Å². The van der Waals surface area contributed by atoms with Gasteiger partial charge in [0.15, 0.2) is 0 Å². The Balaban J connectivity index is 3.84. The number of aliphatic hydroxyl groups excluding tert-OH is 1. The van der Waals surface area contributed by atoms with Gasteiger partial charge in [-0.05, 0) is 0 Å². The predicted octanol–water partition coefficient (Wildman–Crippen LogP) is 3.36. The molecule has 0 radical (unpaired) electrons. The third-order valence-corrected chi connectivity index (χ3v) is 5.42. The normalized spacial score (nSPS) is 14.4. The quantitative estimate of drug-likeness (QED) is 0.538. The van der Waals surface area contributed by atoms with Crippen molar-refractivity contribution in [3.63, 3.8) is 0 Å². The summed E-state index contributed by atoms with van der Waals surface area (Å²) >= 11 is 0.0308. The monoisotopic (exact) mass is 314 g/mol. The van der Waals surface area contributed by atoms with E-state index >= 15 is 0 Å². The van der Waals surface area contributed by atoms with E-state index in [-0.39, 0.29) is 27.0 Å². The number of aliphatic hydroxyl groups is 1. The van der Waals surface area contributed by atoms with Crippen LogP contribution in [0.15, 0.2) is 9.70 Å². The summed E-state index contributed by atoms with van der Waals surface area (Å²) in [5.41, 5.74) is 0. The van der Waals surface area contributed by atoms with Crippen LogP contribution in [-0.4, -0.2) is 32.1 Å². The van der Waals surface area contributed by atoms with Crippen LogP contribution in [0.3, 0.4) is 0 Å². The molecule has 0 aliphatic heterocycles. The van der Waals surface area contributed by atoms with E-state index in [4.69, 9.17) is 0 Å². The van der Waals surface area contributed by atoms with E-state index in [2.05, 4.69) is 19.9 Å². The molecule has 0 rings (SSSR count). The third kappa shape index (κ3) is 9.06. The molecule has 0 aromatic rings. The first-order valence-electron chi connectivity index (χ1n) is 5.72. The van der Waals surface area contributed by atoms with Crippen LogP contribution in [0, 0.1) is 0 Å². The summed E-state index contributed by atoms with van der Waals surface area (Å²) in [7, 11) is 0. The van der Waals surface area contributed by atoms with Gasteiger partial charge in [0.2, 0.25) is 0 Å². The fourth-order valence-corrected chi connectivity index (χ4v) is 4.82. The van der Waals surface area contributed by atoms with Crippen LogP contribution in [0.5, 0.6) is 0 Å². The molecule has 0 unspecified atom stereocenters. The average molecular weight is 312 g/mol. The molecule has 0 amide bonds. The number of hydrogen-bond acceptors (Lipinski definition) is 1. The van der Waals surface area contributed by atoms with Crippen molar-refractivity contribution in [2.75, 3.05) is 0 Å². The van der Waals surface area contributed by atoms with E-state index in [0.717, 1.165) is 0 Å². The number of unbranched alkanes of at least 4 members (excludes halogenated alkanes) is 2. The summed E-state index contributed by atoms with van der Waals surface area (Å²) in [4.78, 5) is 0. The molecule has 0 fully saturated rings. The molecule has 14 heavy (non-hydrogen) atoms. The van der Waals surface area contributed by atoms with Gasteiger partial charge >= 0.3 is 99.2 Å². The summed E-state index contributed by atoms with van der Waals surface area (Å²) in [6.45, 7) is 6.34. The number of rotatable bonds is 8. The molecular weight excluding hydrogens is 288 g/mol. The zero-order valence-electron chi connectivity index (χ0n) is 9.75. The van der Waals surface area contributed by atoms with Gasteiger partial charge in [-0.3, -0.25) is 0 Å². The zero-order valence-corrected chi connectivity index (χ0v) is 12.1. The summed E-state index contributed by atoms with van der Waals surface area (Å²) in [5, 5.41) is 9.32. The van der Waals surface area contributed by atoms with Crippen LogP contribution in [0.4, 0.5) is 0 Å². The summed E-state index contributed by atoms with van der Waals surface area (Å²) in [5.74, 6) is 0. The Kier molecular flexibility index (Phi) is 10.4. The molecule has 0 bridgehead atoms. The van der Waals surface area contributed by atoms with Gasteiger partial charge in [-0.25, -0.2) is 0 Å². The molecule has 0 aliphatic carbocycles. The van der Waals surface area contributed by atoms with Gasteiger partial charge < -0.3 is 0 Å². The second-order valence-electron chi connectivity index (χ2n) is 3.68. The molecule has 0 heterocycles. The van der Waals surface area contributed by atoms with Crippen LogP contribution in [0.2, 0.25) is 4.47 Å². The van der Waals surface area contributed by atoms with Gasteiger partial charge in [0.05, 0.1) is 0 Å². The maximum atomic E-state index is 9.32. The van der Waals surface area contributed by atoms with Gasteiger partial charge in [-0.15, -0.1) is 0 Å². The molecule has 0 saturated carbocycles. The Labute approximate surface area is 99.1 Å². The molecule has 1 N–H and O–H groups in total. The van der Waals surface area contributed by atoms with Crippen molar-refractivity contribution in [1.29, 1.82) is 0 Å². The molecule has 84 valence electrons. The van der Waals surface area contributed by atoms with E-state index in [1.54, 1.807) is 3.62 Å².